The number of carboxylic acid groups (broad SMARTS) is 1. The largest absolute Gasteiger partial charge is 0.478 e. The molecule has 10 bridgehead atoms. The Labute approximate surface area is 261 Å². The van der Waals surface area contributed by atoms with E-state index < -0.39 is 5.97 Å². The van der Waals surface area contributed by atoms with Crippen LogP contribution in [0.3, 0.4) is 0 Å². The summed E-state index contributed by atoms with van der Waals surface area (Å²) >= 11 is 0. The Kier molecular flexibility index (Phi) is 7.01. The van der Waals surface area contributed by atoms with Crippen molar-refractivity contribution in [2.45, 2.75) is 40.5 Å². The minimum atomic E-state index is -0.952. The van der Waals surface area contributed by atoms with Crippen molar-refractivity contribution in [2.75, 3.05) is 0 Å². The summed E-state index contributed by atoms with van der Waals surface area (Å²) in [4.78, 5) is 33.7. The van der Waals surface area contributed by atoms with E-state index in [4.69, 9.17) is 15.0 Å². The smallest absolute Gasteiger partial charge is 0.335 e. The fourth-order valence-electron chi connectivity index (χ4n) is 6.32. The number of rotatable bonds is 4. The van der Waals surface area contributed by atoms with Crippen LogP contribution in [0.5, 0.6) is 0 Å². The molecule has 0 spiro atoms. The lowest BCUT2D eigenvalue weighted by atomic mass is 10.0. The van der Waals surface area contributed by atoms with Gasteiger partial charge in [-0.2, -0.15) is 0 Å². The zero-order chi connectivity index (χ0) is 31.2. The number of aromatic nitrogens is 5. The number of benzene rings is 1. The topological polar surface area (TPSA) is 108 Å². The molecule has 0 amide bonds. The number of hydrogen-bond donors (Lipinski definition) is 3. The van der Waals surface area contributed by atoms with Crippen molar-refractivity contribution in [3.63, 3.8) is 0 Å². The van der Waals surface area contributed by atoms with Crippen LogP contribution in [0.15, 0.2) is 72.8 Å². The maximum atomic E-state index is 11.6. The normalized spacial score (nSPS) is 13.4. The van der Waals surface area contributed by atoms with Crippen molar-refractivity contribution in [1.82, 2.24) is 24.9 Å². The van der Waals surface area contributed by atoms with E-state index in [2.05, 4.69) is 86.2 Å². The fourth-order valence-corrected chi connectivity index (χ4v) is 6.32. The van der Waals surface area contributed by atoms with Gasteiger partial charge in [0.25, 0.3) is 0 Å². The van der Waals surface area contributed by atoms with Gasteiger partial charge in [0.1, 0.15) is 0 Å². The summed E-state index contributed by atoms with van der Waals surface area (Å²) in [6.07, 6.45) is 5.80. The van der Waals surface area contributed by atoms with Crippen LogP contribution >= 0.6 is 0 Å². The minimum absolute atomic E-state index is 0.245. The SMILES string of the molecule is CCC1=C(C)c2cc3ccc([nH]3)c(-c3ccc(C(=O)O)cc3)c3ccc(cc4nc(cc5nc(cc1n2)C=C5)C(CC)=C4C)[nH]3. The lowest BCUT2D eigenvalue weighted by Gasteiger charge is -2.04. The summed E-state index contributed by atoms with van der Waals surface area (Å²) in [5.41, 5.74) is 15.9. The molecular formula is C38H33N5O2. The van der Waals surface area contributed by atoms with E-state index in [1.165, 1.54) is 11.1 Å². The van der Waals surface area contributed by atoms with Gasteiger partial charge < -0.3 is 15.1 Å². The van der Waals surface area contributed by atoms with Crippen molar-refractivity contribution in [3.8, 4) is 11.1 Å². The molecule has 4 aromatic rings. The quantitative estimate of drug-likeness (QED) is 0.193. The molecule has 0 saturated carbocycles. The van der Waals surface area contributed by atoms with Gasteiger partial charge in [0.2, 0.25) is 0 Å². The number of aromatic amines is 2. The Bertz CT molecular complexity index is 2100. The molecule has 0 unspecified atom stereocenters. The van der Waals surface area contributed by atoms with Gasteiger partial charge in [-0.25, -0.2) is 19.7 Å². The van der Waals surface area contributed by atoms with Crippen LogP contribution < -0.4 is 0 Å². The Balaban J connectivity index is 1.56. The Morgan fingerprint density at radius 1 is 0.644 bits per heavy atom. The molecule has 0 saturated heterocycles. The predicted octanol–water partition coefficient (Wildman–Crippen LogP) is 9.36. The number of nitrogens with zero attached hydrogens (tertiary/aromatic N) is 3. The first-order chi connectivity index (χ1) is 21.8. The number of H-pyrrole nitrogens is 2. The van der Waals surface area contributed by atoms with Crippen molar-refractivity contribution in [3.05, 3.63) is 113 Å². The summed E-state index contributed by atoms with van der Waals surface area (Å²) in [7, 11) is 0. The summed E-state index contributed by atoms with van der Waals surface area (Å²) in [6.45, 7) is 8.56. The van der Waals surface area contributed by atoms with Gasteiger partial charge in [0.15, 0.2) is 0 Å². The van der Waals surface area contributed by atoms with E-state index >= 15 is 0 Å². The van der Waals surface area contributed by atoms with Crippen LogP contribution in [0.25, 0.3) is 67.6 Å². The van der Waals surface area contributed by atoms with Crippen molar-refractivity contribution >= 4 is 62.5 Å². The average molecular weight is 592 g/mol. The number of fused-ring (bicyclic) bond motifs is 10. The molecule has 7 heteroatoms. The van der Waals surface area contributed by atoms with Crippen LogP contribution in [0.1, 0.15) is 85.1 Å². The number of hydrogen-bond acceptors (Lipinski definition) is 4. The number of allylic oxidation sites excluding steroid dienone is 4. The molecule has 3 aliphatic heterocycles. The summed E-state index contributed by atoms with van der Waals surface area (Å²) in [6, 6.07) is 23.5. The molecule has 1 aromatic carbocycles. The van der Waals surface area contributed by atoms with Crippen LogP contribution in [0, 0.1) is 0 Å². The first-order valence-corrected chi connectivity index (χ1v) is 15.3. The van der Waals surface area contributed by atoms with E-state index in [1.54, 1.807) is 12.1 Å². The van der Waals surface area contributed by atoms with E-state index in [0.717, 1.165) is 91.3 Å². The molecule has 3 aromatic heterocycles. The van der Waals surface area contributed by atoms with Gasteiger partial charge >= 0.3 is 5.97 Å². The highest BCUT2D eigenvalue weighted by Gasteiger charge is 2.18. The van der Waals surface area contributed by atoms with Gasteiger partial charge in [-0.3, -0.25) is 0 Å². The lowest BCUT2D eigenvalue weighted by molar-refractivity contribution is 0.0697. The number of aromatic carboxylic acids is 1. The highest BCUT2D eigenvalue weighted by molar-refractivity contribution is 5.97. The third kappa shape index (κ3) is 5.16. The summed E-state index contributed by atoms with van der Waals surface area (Å²) in [5, 5.41) is 9.49. The molecule has 222 valence electrons. The first kappa shape index (κ1) is 28.2. The Hall–Kier alpha value is -5.56. The van der Waals surface area contributed by atoms with Gasteiger partial charge in [-0.1, -0.05) is 26.0 Å². The standard InChI is InChI=1S/C38H33N5O2/c1-5-29-21(3)33-17-27-13-15-31(40-27)37(23-7-9-24(10-8-23)38(44)45)32-16-14-28(41-32)18-34-22(4)30(6-2)36(43-34)20-26-12-11-25(39-26)19-35(29)42-33/h7-20,40-41H,5-6H2,1-4H3,(H,44,45). The molecule has 7 nitrogen and oxygen atoms in total. The van der Waals surface area contributed by atoms with Crippen LogP contribution in [0.4, 0.5) is 0 Å². The fraction of sp³-hybridized carbons (Fsp3) is 0.158. The van der Waals surface area contributed by atoms with E-state index in [9.17, 15) is 9.90 Å². The third-order valence-corrected chi connectivity index (χ3v) is 8.69. The molecule has 0 aliphatic carbocycles. The molecule has 3 aliphatic rings. The molecule has 7 rings (SSSR count). The van der Waals surface area contributed by atoms with E-state index in [1.807, 2.05) is 24.3 Å². The zero-order valence-electron chi connectivity index (χ0n) is 25.7. The second-order valence-electron chi connectivity index (χ2n) is 11.5. The second kappa shape index (κ2) is 11.2. The summed E-state index contributed by atoms with van der Waals surface area (Å²) < 4.78 is 0. The Morgan fingerprint density at radius 2 is 1.13 bits per heavy atom. The van der Waals surface area contributed by atoms with E-state index in [-0.39, 0.29) is 5.56 Å². The number of nitrogens with one attached hydrogen (secondary N) is 2. The van der Waals surface area contributed by atoms with Gasteiger partial charge in [0.05, 0.1) is 39.7 Å². The zero-order valence-corrected chi connectivity index (χ0v) is 25.7. The Morgan fingerprint density at radius 3 is 1.58 bits per heavy atom. The first-order valence-electron chi connectivity index (χ1n) is 15.3. The molecule has 45 heavy (non-hydrogen) atoms. The molecule has 6 heterocycles. The predicted molar refractivity (Wildman–Crippen MR) is 183 cm³/mol. The van der Waals surface area contributed by atoms with E-state index in [0.29, 0.717) is 0 Å². The molecule has 0 radical (unpaired) electrons. The molecular weight excluding hydrogens is 558 g/mol. The van der Waals surface area contributed by atoms with Gasteiger partial charge in [0, 0.05) is 27.6 Å². The maximum absolute atomic E-state index is 11.6. The summed E-state index contributed by atoms with van der Waals surface area (Å²) in [5.74, 6) is -0.952. The van der Waals surface area contributed by atoms with Crippen molar-refractivity contribution < 1.29 is 9.90 Å². The minimum Gasteiger partial charge on any atom is -0.478 e. The lowest BCUT2D eigenvalue weighted by Crippen LogP contribution is -1.95. The highest BCUT2D eigenvalue weighted by Crippen LogP contribution is 2.35. The van der Waals surface area contributed by atoms with Gasteiger partial charge in [-0.05, 0) is 127 Å². The third-order valence-electron chi connectivity index (χ3n) is 8.69. The highest BCUT2D eigenvalue weighted by atomic mass is 16.4. The number of carbonyl (C=O) groups is 1. The van der Waals surface area contributed by atoms with Crippen molar-refractivity contribution in [1.29, 1.82) is 0 Å². The van der Waals surface area contributed by atoms with Crippen LogP contribution in [-0.2, 0) is 0 Å². The second-order valence-corrected chi connectivity index (χ2v) is 11.5. The molecule has 0 fully saturated rings. The van der Waals surface area contributed by atoms with Gasteiger partial charge in [-0.15, -0.1) is 0 Å². The molecule has 3 N–H and O–H groups in total. The molecule has 0 atom stereocenters. The van der Waals surface area contributed by atoms with Crippen LogP contribution in [0.2, 0.25) is 0 Å². The monoisotopic (exact) mass is 591 g/mol. The van der Waals surface area contributed by atoms with Crippen LogP contribution in [-0.4, -0.2) is 36.0 Å². The average Bonchev–Trinajstić information content (AvgIpc) is 3.86. The number of carboxylic acids is 1. The maximum Gasteiger partial charge on any atom is 0.335 e. The van der Waals surface area contributed by atoms with Crippen molar-refractivity contribution in [2.24, 2.45) is 0 Å².